The van der Waals surface area contributed by atoms with Gasteiger partial charge in [0.15, 0.2) is 0 Å². The van der Waals surface area contributed by atoms with E-state index in [9.17, 15) is 0 Å². The van der Waals surface area contributed by atoms with Gasteiger partial charge in [-0.25, -0.2) is 0 Å². The lowest BCUT2D eigenvalue weighted by molar-refractivity contribution is 0.215. The van der Waals surface area contributed by atoms with Crippen LogP contribution < -0.4 is 9.47 Å². The maximum absolute atomic E-state index is 5.99. The number of halogens is 2. The first-order chi connectivity index (χ1) is 9.56. The Kier molecular flexibility index (Phi) is 5.32. The molecule has 2 nitrogen and oxygen atoms in total. The zero-order chi connectivity index (χ0) is 14.5. The van der Waals surface area contributed by atoms with Crippen LogP contribution in [0, 0.1) is 13.8 Å². The Hall–Kier alpha value is -1.19. The standard InChI is InChI=1S/C16H16BrClO2/c1-11-9-14(18)10-12(2)16(11)20-8-7-19-15-5-3-13(17)4-6-15/h3-6,9-10H,7-8H2,1-2H3. The van der Waals surface area contributed by atoms with Crippen LogP contribution in [0.4, 0.5) is 0 Å². The maximum Gasteiger partial charge on any atom is 0.125 e. The minimum atomic E-state index is 0.499. The van der Waals surface area contributed by atoms with E-state index in [1.807, 2.05) is 50.2 Å². The summed E-state index contributed by atoms with van der Waals surface area (Å²) in [6.07, 6.45) is 0. The zero-order valence-electron chi connectivity index (χ0n) is 11.5. The highest BCUT2D eigenvalue weighted by Crippen LogP contribution is 2.27. The summed E-state index contributed by atoms with van der Waals surface area (Å²) in [4.78, 5) is 0. The van der Waals surface area contributed by atoms with E-state index in [1.165, 1.54) is 0 Å². The molecule has 4 heteroatoms. The summed E-state index contributed by atoms with van der Waals surface area (Å²) in [5, 5.41) is 0.735. The predicted octanol–water partition coefficient (Wildman–Crippen LogP) is 5.18. The Morgan fingerprint density at radius 1 is 0.950 bits per heavy atom. The minimum Gasteiger partial charge on any atom is -0.490 e. The van der Waals surface area contributed by atoms with Crippen molar-refractivity contribution >= 4 is 27.5 Å². The fraction of sp³-hybridized carbons (Fsp3) is 0.250. The molecule has 0 fully saturated rings. The fourth-order valence-corrected chi connectivity index (χ4v) is 2.55. The lowest BCUT2D eigenvalue weighted by atomic mass is 10.1. The molecule has 0 atom stereocenters. The van der Waals surface area contributed by atoms with Crippen molar-refractivity contribution in [1.29, 1.82) is 0 Å². The van der Waals surface area contributed by atoms with Crippen molar-refractivity contribution in [3.63, 3.8) is 0 Å². The van der Waals surface area contributed by atoms with Gasteiger partial charge in [0.05, 0.1) is 0 Å². The summed E-state index contributed by atoms with van der Waals surface area (Å²) in [6.45, 7) is 4.98. The van der Waals surface area contributed by atoms with E-state index >= 15 is 0 Å². The van der Waals surface area contributed by atoms with E-state index in [4.69, 9.17) is 21.1 Å². The number of ether oxygens (including phenoxy) is 2. The van der Waals surface area contributed by atoms with Crippen molar-refractivity contribution in [2.75, 3.05) is 13.2 Å². The third-order valence-electron chi connectivity index (χ3n) is 2.84. The predicted molar refractivity (Wildman–Crippen MR) is 86.1 cm³/mol. The fourth-order valence-electron chi connectivity index (χ4n) is 1.96. The summed E-state index contributed by atoms with van der Waals surface area (Å²) in [5.41, 5.74) is 2.08. The second-order valence-electron chi connectivity index (χ2n) is 4.52. The van der Waals surface area contributed by atoms with Crippen LogP contribution >= 0.6 is 27.5 Å². The van der Waals surface area contributed by atoms with Gasteiger partial charge in [-0.2, -0.15) is 0 Å². The lowest BCUT2D eigenvalue weighted by Gasteiger charge is -2.13. The SMILES string of the molecule is Cc1cc(Cl)cc(C)c1OCCOc1ccc(Br)cc1. The van der Waals surface area contributed by atoms with Gasteiger partial charge in [-0.3, -0.25) is 0 Å². The summed E-state index contributed by atoms with van der Waals surface area (Å²) >= 11 is 9.38. The van der Waals surface area contributed by atoms with Crippen LogP contribution in [0.2, 0.25) is 5.02 Å². The Labute approximate surface area is 132 Å². The second kappa shape index (κ2) is 7.00. The van der Waals surface area contributed by atoms with Gasteiger partial charge >= 0.3 is 0 Å². The van der Waals surface area contributed by atoms with E-state index in [0.717, 1.165) is 32.1 Å². The first-order valence-electron chi connectivity index (χ1n) is 6.34. The number of rotatable bonds is 5. The molecule has 2 aromatic carbocycles. The quantitative estimate of drug-likeness (QED) is 0.688. The Bertz CT molecular complexity index is 559. The molecule has 2 aromatic rings. The van der Waals surface area contributed by atoms with E-state index in [-0.39, 0.29) is 0 Å². The molecule has 20 heavy (non-hydrogen) atoms. The molecule has 0 bridgehead atoms. The molecular formula is C16H16BrClO2. The molecule has 106 valence electrons. The molecular weight excluding hydrogens is 340 g/mol. The normalized spacial score (nSPS) is 10.4. The van der Waals surface area contributed by atoms with Crippen LogP contribution in [-0.4, -0.2) is 13.2 Å². The van der Waals surface area contributed by atoms with Crippen molar-refractivity contribution in [1.82, 2.24) is 0 Å². The van der Waals surface area contributed by atoms with Gasteiger partial charge in [0.1, 0.15) is 24.7 Å². The summed E-state index contributed by atoms with van der Waals surface area (Å²) < 4.78 is 12.4. The van der Waals surface area contributed by atoms with Crippen LogP contribution in [0.25, 0.3) is 0 Å². The van der Waals surface area contributed by atoms with Gasteiger partial charge in [-0.05, 0) is 61.4 Å². The van der Waals surface area contributed by atoms with Gasteiger partial charge in [-0.15, -0.1) is 0 Å². The van der Waals surface area contributed by atoms with E-state index in [0.29, 0.717) is 13.2 Å². The van der Waals surface area contributed by atoms with Crippen LogP contribution in [0.5, 0.6) is 11.5 Å². The monoisotopic (exact) mass is 354 g/mol. The number of hydrogen-bond donors (Lipinski definition) is 0. The highest BCUT2D eigenvalue weighted by Gasteiger charge is 2.05. The van der Waals surface area contributed by atoms with Crippen molar-refractivity contribution in [3.8, 4) is 11.5 Å². The van der Waals surface area contributed by atoms with Crippen molar-refractivity contribution < 1.29 is 9.47 Å². The van der Waals surface area contributed by atoms with Gasteiger partial charge in [0.25, 0.3) is 0 Å². The first-order valence-corrected chi connectivity index (χ1v) is 7.51. The minimum absolute atomic E-state index is 0.499. The second-order valence-corrected chi connectivity index (χ2v) is 5.87. The highest BCUT2D eigenvalue weighted by molar-refractivity contribution is 9.10. The molecule has 0 aliphatic carbocycles. The van der Waals surface area contributed by atoms with E-state index < -0.39 is 0 Å². The largest absolute Gasteiger partial charge is 0.490 e. The zero-order valence-corrected chi connectivity index (χ0v) is 13.8. The van der Waals surface area contributed by atoms with Gasteiger partial charge in [0.2, 0.25) is 0 Å². The molecule has 2 rings (SSSR count). The van der Waals surface area contributed by atoms with Crippen LogP contribution in [0.15, 0.2) is 40.9 Å². The van der Waals surface area contributed by atoms with Crippen molar-refractivity contribution in [2.45, 2.75) is 13.8 Å². The summed E-state index contributed by atoms with van der Waals surface area (Å²) in [6, 6.07) is 11.5. The third kappa shape index (κ3) is 4.15. The van der Waals surface area contributed by atoms with Crippen LogP contribution in [-0.2, 0) is 0 Å². The lowest BCUT2D eigenvalue weighted by Crippen LogP contribution is -2.10. The number of hydrogen-bond acceptors (Lipinski definition) is 2. The molecule has 0 unspecified atom stereocenters. The molecule has 0 radical (unpaired) electrons. The molecule has 0 amide bonds. The Morgan fingerprint density at radius 2 is 1.50 bits per heavy atom. The molecule has 0 saturated carbocycles. The Morgan fingerprint density at radius 3 is 2.10 bits per heavy atom. The average molecular weight is 356 g/mol. The molecule has 0 N–H and O–H groups in total. The molecule has 0 aromatic heterocycles. The molecule has 0 heterocycles. The number of benzene rings is 2. The van der Waals surface area contributed by atoms with Gasteiger partial charge < -0.3 is 9.47 Å². The van der Waals surface area contributed by atoms with Crippen LogP contribution in [0.3, 0.4) is 0 Å². The highest BCUT2D eigenvalue weighted by atomic mass is 79.9. The maximum atomic E-state index is 5.99. The molecule has 0 aliphatic heterocycles. The van der Waals surface area contributed by atoms with E-state index in [2.05, 4.69) is 15.9 Å². The van der Waals surface area contributed by atoms with Crippen molar-refractivity contribution in [3.05, 3.63) is 57.0 Å². The molecule has 0 saturated heterocycles. The van der Waals surface area contributed by atoms with Crippen LogP contribution in [0.1, 0.15) is 11.1 Å². The number of aryl methyl sites for hydroxylation is 2. The Balaban J connectivity index is 1.86. The van der Waals surface area contributed by atoms with Gasteiger partial charge in [0, 0.05) is 9.50 Å². The summed E-state index contributed by atoms with van der Waals surface area (Å²) in [7, 11) is 0. The molecule has 0 aliphatic rings. The van der Waals surface area contributed by atoms with Gasteiger partial charge in [-0.1, -0.05) is 27.5 Å². The third-order valence-corrected chi connectivity index (χ3v) is 3.58. The topological polar surface area (TPSA) is 18.5 Å². The smallest absolute Gasteiger partial charge is 0.125 e. The average Bonchev–Trinajstić information content (AvgIpc) is 2.39. The first kappa shape index (κ1) is 15.2. The van der Waals surface area contributed by atoms with E-state index in [1.54, 1.807) is 0 Å². The van der Waals surface area contributed by atoms with Crippen molar-refractivity contribution in [2.24, 2.45) is 0 Å². The summed E-state index contributed by atoms with van der Waals surface area (Å²) in [5.74, 6) is 1.72. The molecule has 0 spiro atoms.